The molecule has 0 saturated carbocycles. The van der Waals surface area contributed by atoms with Crippen LogP contribution in [-0.2, 0) is 16.1 Å². The Morgan fingerprint density at radius 1 is 1.10 bits per heavy atom. The minimum absolute atomic E-state index is 0.0860. The van der Waals surface area contributed by atoms with E-state index in [1.165, 1.54) is 4.90 Å². The maximum Gasteiger partial charge on any atom is 0.261 e. The topological polar surface area (TPSA) is 58.6 Å². The van der Waals surface area contributed by atoms with Crippen LogP contribution >= 0.6 is 34.8 Å². The largest absolute Gasteiger partial charge is 0.484 e. The van der Waals surface area contributed by atoms with Crippen LogP contribution in [0, 0.1) is 6.92 Å². The monoisotopic (exact) mass is 484 g/mol. The van der Waals surface area contributed by atoms with Gasteiger partial charge in [0.25, 0.3) is 5.91 Å². The van der Waals surface area contributed by atoms with E-state index in [-0.39, 0.29) is 25.0 Å². The highest BCUT2D eigenvalue weighted by Gasteiger charge is 2.27. The molecule has 0 aromatic heterocycles. The lowest BCUT2D eigenvalue weighted by Gasteiger charge is -2.29. The van der Waals surface area contributed by atoms with E-state index >= 15 is 0 Å². The number of amides is 2. The first-order chi connectivity index (χ1) is 14.7. The van der Waals surface area contributed by atoms with Gasteiger partial charge in [0.05, 0.1) is 0 Å². The number of carbonyl (C=O) groups is 2. The summed E-state index contributed by atoms with van der Waals surface area (Å²) in [6.07, 6.45) is 1.82. The number of ether oxygens (including phenoxy) is 1. The van der Waals surface area contributed by atoms with Crippen molar-refractivity contribution in [1.29, 1.82) is 0 Å². The van der Waals surface area contributed by atoms with Crippen LogP contribution in [0.5, 0.6) is 5.75 Å². The summed E-state index contributed by atoms with van der Waals surface area (Å²) in [5.41, 5.74) is 1.42. The van der Waals surface area contributed by atoms with E-state index in [2.05, 4.69) is 5.32 Å². The van der Waals surface area contributed by atoms with Crippen LogP contribution in [0.3, 0.4) is 0 Å². The fraction of sp³-hybridized carbons (Fsp3) is 0.391. The Morgan fingerprint density at radius 2 is 1.77 bits per heavy atom. The molecule has 0 heterocycles. The number of hydrogen-bond donors (Lipinski definition) is 1. The molecule has 0 bridgehead atoms. The van der Waals surface area contributed by atoms with Crippen molar-refractivity contribution in [2.45, 2.75) is 46.2 Å². The Labute approximate surface area is 198 Å². The third-order valence-corrected chi connectivity index (χ3v) is 6.01. The molecule has 5 nitrogen and oxygen atoms in total. The van der Waals surface area contributed by atoms with Crippen molar-refractivity contribution in [2.24, 2.45) is 0 Å². The molecule has 0 aliphatic carbocycles. The molecule has 1 N–H and O–H groups in total. The van der Waals surface area contributed by atoms with E-state index in [1.807, 2.05) is 13.8 Å². The zero-order chi connectivity index (χ0) is 23.0. The summed E-state index contributed by atoms with van der Waals surface area (Å²) < 4.78 is 5.66. The molecule has 2 amide bonds. The number of carbonyl (C=O) groups excluding carboxylic acids is 2. The summed E-state index contributed by atoms with van der Waals surface area (Å²) in [6.45, 7) is 5.97. The zero-order valence-corrected chi connectivity index (χ0v) is 20.2. The van der Waals surface area contributed by atoms with Gasteiger partial charge in [-0.15, -0.1) is 0 Å². The summed E-state index contributed by atoms with van der Waals surface area (Å²) in [4.78, 5) is 27.2. The van der Waals surface area contributed by atoms with Crippen LogP contribution < -0.4 is 10.1 Å². The summed E-state index contributed by atoms with van der Waals surface area (Å²) >= 11 is 18.6. The van der Waals surface area contributed by atoms with E-state index in [4.69, 9.17) is 39.5 Å². The van der Waals surface area contributed by atoms with Crippen molar-refractivity contribution in [1.82, 2.24) is 10.2 Å². The quantitative estimate of drug-likeness (QED) is 0.441. The number of rotatable bonds is 10. The highest BCUT2D eigenvalue weighted by Crippen LogP contribution is 2.27. The van der Waals surface area contributed by atoms with Crippen molar-refractivity contribution < 1.29 is 14.3 Å². The summed E-state index contributed by atoms with van der Waals surface area (Å²) in [6, 6.07) is 9.56. The molecule has 0 aliphatic heterocycles. The first kappa shape index (κ1) is 25.3. The van der Waals surface area contributed by atoms with Crippen LogP contribution in [-0.4, -0.2) is 35.9 Å². The van der Waals surface area contributed by atoms with Crippen molar-refractivity contribution in [3.8, 4) is 5.75 Å². The van der Waals surface area contributed by atoms with E-state index in [9.17, 15) is 9.59 Å². The number of hydrogen-bond acceptors (Lipinski definition) is 3. The van der Waals surface area contributed by atoms with Crippen LogP contribution in [0.25, 0.3) is 0 Å². The molecule has 1 unspecified atom stereocenters. The molecule has 1 atom stereocenters. The molecule has 2 rings (SSSR count). The van der Waals surface area contributed by atoms with Crippen molar-refractivity contribution in [2.75, 3.05) is 13.2 Å². The minimum Gasteiger partial charge on any atom is -0.484 e. The molecule has 168 valence electrons. The van der Waals surface area contributed by atoms with Crippen LogP contribution in [0.4, 0.5) is 0 Å². The van der Waals surface area contributed by atoms with Crippen LogP contribution in [0.15, 0.2) is 36.4 Å². The normalized spacial score (nSPS) is 11.7. The maximum absolute atomic E-state index is 13.1. The molecule has 2 aromatic carbocycles. The molecule has 0 aliphatic rings. The van der Waals surface area contributed by atoms with Gasteiger partial charge in [-0.3, -0.25) is 9.59 Å². The smallest absolute Gasteiger partial charge is 0.261 e. The molecular formula is C23H27Cl3N2O3. The second kappa shape index (κ2) is 12.2. The number of halogens is 3. The predicted molar refractivity (Wildman–Crippen MR) is 126 cm³/mol. The zero-order valence-electron chi connectivity index (χ0n) is 17.9. The fourth-order valence-electron chi connectivity index (χ4n) is 2.91. The third kappa shape index (κ3) is 7.30. The SMILES string of the molecule is CCCCNC(=O)C(C)N(Cc1c(Cl)cccc1Cl)C(=O)COc1ccc(Cl)c(C)c1. The third-order valence-electron chi connectivity index (χ3n) is 4.88. The van der Waals surface area contributed by atoms with Gasteiger partial charge in [0.1, 0.15) is 11.8 Å². The van der Waals surface area contributed by atoms with Crippen molar-refractivity contribution in [3.63, 3.8) is 0 Å². The van der Waals surface area contributed by atoms with Crippen LogP contribution in [0.1, 0.15) is 37.8 Å². The van der Waals surface area contributed by atoms with Gasteiger partial charge in [-0.05, 0) is 56.2 Å². The lowest BCUT2D eigenvalue weighted by molar-refractivity contribution is -0.142. The Morgan fingerprint density at radius 3 is 2.39 bits per heavy atom. The van der Waals surface area contributed by atoms with E-state index in [0.717, 1.165) is 18.4 Å². The van der Waals surface area contributed by atoms with E-state index in [1.54, 1.807) is 43.3 Å². The van der Waals surface area contributed by atoms with Gasteiger partial charge in [-0.25, -0.2) is 0 Å². The lowest BCUT2D eigenvalue weighted by atomic mass is 10.1. The molecule has 31 heavy (non-hydrogen) atoms. The molecule has 2 aromatic rings. The van der Waals surface area contributed by atoms with Gasteiger partial charge < -0.3 is 15.0 Å². The number of benzene rings is 2. The first-order valence-corrected chi connectivity index (χ1v) is 11.3. The second-order valence-corrected chi connectivity index (χ2v) is 8.46. The number of aryl methyl sites for hydroxylation is 1. The molecule has 0 radical (unpaired) electrons. The van der Waals surface area contributed by atoms with Gasteiger partial charge in [0, 0.05) is 33.7 Å². The molecule has 0 saturated heterocycles. The summed E-state index contributed by atoms with van der Waals surface area (Å²) in [7, 11) is 0. The Hall–Kier alpha value is -1.95. The van der Waals surface area contributed by atoms with Gasteiger partial charge in [-0.1, -0.05) is 54.2 Å². The van der Waals surface area contributed by atoms with E-state index < -0.39 is 6.04 Å². The maximum atomic E-state index is 13.1. The van der Waals surface area contributed by atoms with Gasteiger partial charge in [-0.2, -0.15) is 0 Å². The Balaban J connectivity index is 2.19. The number of nitrogens with zero attached hydrogens (tertiary/aromatic N) is 1. The average Bonchev–Trinajstić information content (AvgIpc) is 2.74. The van der Waals surface area contributed by atoms with Crippen molar-refractivity contribution in [3.05, 3.63) is 62.6 Å². The highest BCUT2D eigenvalue weighted by molar-refractivity contribution is 6.36. The van der Waals surface area contributed by atoms with Gasteiger partial charge in [0.2, 0.25) is 5.91 Å². The molecule has 8 heteroatoms. The van der Waals surface area contributed by atoms with Gasteiger partial charge >= 0.3 is 0 Å². The molecule has 0 fully saturated rings. The summed E-state index contributed by atoms with van der Waals surface area (Å²) in [5.74, 6) is -0.0833. The standard InChI is InChI=1S/C23H27Cl3N2O3/c1-4-5-11-27-23(30)16(3)28(13-18-20(25)7-6-8-21(18)26)22(29)14-31-17-9-10-19(24)15(2)12-17/h6-10,12,16H,4-5,11,13-14H2,1-3H3,(H,27,30). The molecule has 0 spiro atoms. The van der Waals surface area contributed by atoms with Crippen molar-refractivity contribution >= 4 is 46.6 Å². The fourth-order valence-corrected chi connectivity index (χ4v) is 3.54. The minimum atomic E-state index is -0.729. The Kier molecular flexibility index (Phi) is 9.94. The molecular weight excluding hydrogens is 459 g/mol. The number of unbranched alkanes of at least 4 members (excludes halogenated alkanes) is 1. The van der Waals surface area contributed by atoms with Gasteiger partial charge in [0.15, 0.2) is 6.61 Å². The summed E-state index contributed by atoms with van der Waals surface area (Å²) in [5, 5.41) is 4.34. The second-order valence-electron chi connectivity index (χ2n) is 7.24. The number of nitrogens with one attached hydrogen (secondary N) is 1. The first-order valence-electron chi connectivity index (χ1n) is 10.1. The predicted octanol–water partition coefficient (Wildman–Crippen LogP) is 5.67. The highest BCUT2D eigenvalue weighted by atomic mass is 35.5. The lowest BCUT2D eigenvalue weighted by Crippen LogP contribution is -2.49. The average molecular weight is 486 g/mol. The Bertz CT molecular complexity index is 901. The van der Waals surface area contributed by atoms with Crippen LogP contribution in [0.2, 0.25) is 15.1 Å². The van der Waals surface area contributed by atoms with E-state index in [0.29, 0.717) is 32.9 Å².